The molecule has 0 amide bonds. The lowest BCUT2D eigenvalue weighted by atomic mass is 9.72. The molecule has 3 heteroatoms. The first-order chi connectivity index (χ1) is 8.68. The van der Waals surface area contributed by atoms with Gasteiger partial charge in [0.05, 0.1) is 12.8 Å². The van der Waals surface area contributed by atoms with Crippen LogP contribution in [0.3, 0.4) is 0 Å². The Hall–Kier alpha value is -1.09. The van der Waals surface area contributed by atoms with Gasteiger partial charge in [0.25, 0.3) is 0 Å². The van der Waals surface area contributed by atoms with Gasteiger partial charge in [-0.25, -0.2) is 0 Å². The quantitative estimate of drug-likeness (QED) is 0.890. The molecule has 1 aromatic rings. The first kappa shape index (κ1) is 13.3. The molecule has 3 nitrogen and oxygen atoms in total. The van der Waals surface area contributed by atoms with E-state index in [1.54, 1.807) is 6.20 Å². The van der Waals surface area contributed by atoms with Crippen molar-refractivity contribution in [3.05, 3.63) is 24.0 Å². The number of aromatic nitrogens is 1. The minimum atomic E-state index is -0.209. The minimum absolute atomic E-state index is 0.209. The van der Waals surface area contributed by atoms with Crippen molar-refractivity contribution in [1.29, 1.82) is 0 Å². The Morgan fingerprint density at radius 3 is 3.00 bits per heavy atom. The van der Waals surface area contributed by atoms with E-state index in [1.165, 1.54) is 19.3 Å². The second kappa shape index (κ2) is 5.70. The van der Waals surface area contributed by atoms with Crippen LogP contribution in [0.4, 0.5) is 0 Å². The average Bonchev–Trinajstić information content (AvgIpc) is 2.39. The summed E-state index contributed by atoms with van der Waals surface area (Å²) in [4.78, 5) is 4.27. The molecule has 18 heavy (non-hydrogen) atoms. The van der Waals surface area contributed by atoms with Crippen LogP contribution in [0.25, 0.3) is 0 Å². The normalized spacial score (nSPS) is 28.1. The highest BCUT2D eigenvalue weighted by molar-refractivity contribution is 5.29. The summed E-state index contributed by atoms with van der Waals surface area (Å²) in [6.07, 6.45) is 9.54. The Bertz CT molecular complexity index is 394. The zero-order valence-electron chi connectivity index (χ0n) is 11.5. The van der Waals surface area contributed by atoms with E-state index in [-0.39, 0.29) is 5.54 Å². The van der Waals surface area contributed by atoms with Crippen molar-refractivity contribution in [2.24, 2.45) is 11.7 Å². The summed E-state index contributed by atoms with van der Waals surface area (Å²) in [5.41, 5.74) is 7.54. The van der Waals surface area contributed by atoms with Gasteiger partial charge in [0.15, 0.2) is 0 Å². The lowest BCUT2D eigenvalue weighted by Crippen LogP contribution is -2.41. The SMILES string of the molecule is CCOc1cncc(C2(N)CCCC(CC)C2)c1. The Morgan fingerprint density at radius 2 is 2.28 bits per heavy atom. The summed E-state index contributed by atoms with van der Waals surface area (Å²) in [5.74, 6) is 1.58. The van der Waals surface area contributed by atoms with E-state index in [9.17, 15) is 0 Å². The van der Waals surface area contributed by atoms with E-state index >= 15 is 0 Å². The Kier molecular flexibility index (Phi) is 4.23. The summed E-state index contributed by atoms with van der Waals surface area (Å²) < 4.78 is 5.52. The molecule has 2 unspecified atom stereocenters. The first-order valence-electron chi connectivity index (χ1n) is 7.05. The summed E-state index contributed by atoms with van der Waals surface area (Å²) in [5, 5.41) is 0. The fourth-order valence-corrected chi connectivity index (χ4v) is 2.97. The van der Waals surface area contributed by atoms with Crippen LogP contribution in [0.1, 0.15) is 51.5 Å². The topological polar surface area (TPSA) is 48.1 Å². The van der Waals surface area contributed by atoms with E-state index in [1.807, 2.05) is 13.1 Å². The van der Waals surface area contributed by atoms with Crippen molar-refractivity contribution >= 4 is 0 Å². The van der Waals surface area contributed by atoms with Crippen LogP contribution >= 0.6 is 0 Å². The van der Waals surface area contributed by atoms with Gasteiger partial charge in [0.1, 0.15) is 5.75 Å². The smallest absolute Gasteiger partial charge is 0.137 e. The van der Waals surface area contributed by atoms with Crippen LogP contribution in [-0.2, 0) is 5.54 Å². The molecule has 2 N–H and O–H groups in total. The third kappa shape index (κ3) is 2.83. The molecule has 1 heterocycles. The zero-order valence-corrected chi connectivity index (χ0v) is 11.5. The molecule has 0 aromatic carbocycles. The summed E-state index contributed by atoms with van der Waals surface area (Å²) >= 11 is 0. The number of ether oxygens (including phenoxy) is 1. The molecule has 0 saturated heterocycles. The van der Waals surface area contributed by atoms with Crippen molar-refractivity contribution in [3.63, 3.8) is 0 Å². The molecule has 0 bridgehead atoms. The molecule has 2 atom stereocenters. The van der Waals surface area contributed by atoms with Gasteiger partial charge >= 0.3 is 0 Å². The summed E-state index contributed by atoms with van der Waals surface area (Å²) in [7, 11) is 0. The van der Waals surface area contributed by atoms with E-state index in [0.29, 0.717) is 6.61 Å². The molecular weight excluding hydrogens is 224 g/mol. The van der Waals surface area contributed by atoms with E-state index in [0.717, 1.165) is 30.1 Å². The van der Waals surface area contributed by atoms with Gasteiger partial charge in [-0.3, -0.25) is 4.98 Å². The zero-order chi connectivity index (χ0) is 13.0. The number of nitrogens with zero attached hydrogens (tertiary/aromatic N) is 1. The second-order valence-electron chi connectivity index (χ2n) is 5.37. The van der Waals surface area contributed by atoms with Crippen LogP contribution in [0.15, 0.2) is 18.5 Å². The number of hydrogen-bond acceptors (Lipinski definition) is 3. The number of hydrogen-bond donors (Lipinski definition) is 1. The van der Waals surface area contributed by atoms with E-state index in [2.05, 4.69) is 18.0 Å². The van der Waals surface area contributed by atoms with Crippen LogP contribution in [0.2, 0.25) is 0 Å². The fraction of sp³-hybridized carbons (Fsp3) is 0.667. The standard InChI is InChI=1S/C15H24N2O/c1-3-12-6-5-7-15(16,9-12)13-8-14(18-4-2)11-17-10-13/h8,10-12H,3-7,9,16H2,1-2H3. The molecule has 1 fully saturated rings. The molecule has 0 spiro atoms. The Morgan fingerprint density at radius 1 is 1.44 bits per heavy atom. The van der Waals surface area contributed by atoms with Crippen molar-refractivity contribution in [3.8, 4) is 5.75 Å². The number of pyridine rings is 1. The Labute approximate surface area is 110 Å². The lowest BCUT2D eigenvalue weighted by Gasteiger charge is -2.38. The third-order valence-electron chi connectivity index (χ3n) is 4.06. The largest absolute Gasteiger partial charge is 0.492 e. The maximum atomic E-state index is 6.62. The summed E-state index contributed by atoms with van der Waals surface area (Å²) in [6.45, 7) is 4.91. The number of nitrogens with two attached hydrogens (primary N) is 1. The summed E-state index contributed by atoms with van der Waals surface area (Å²) in [6, 6.07) is 2.06. The molecule has 0 radical (unpaired) electrons. The molecule has 1 aliphatic carbocycles. The molecule has 1 aliphatic rings. The molecule has 1 aromatic heterocycles. The monoisotopic (exact) mass is 248 g/mol. The van der Waals surface area contributed by atoms with Gasteiger partial charge < -0.3 is 10.5 Å². The van der Waals surface area contributed by atoms with Crippen LogP contribution in [0, 0.1) is 5.92 Å². The van der Waals surface area contributed by atoms with Crippen molar-refractivity contribution in [2.75, 3.05) is 6.61 Å². The molecule has 100 valence electrons. The maximum absolute atomic E-state index is 6.62. The highest BCUT2D eigenvalue weighted by Gasteiger charge is 2.34. The van der Waals surface area contributed by atoms with Gasteiger partial charge in [0, 0.05) is 11.7 Å². The van der Waals surface area contributed by atoms with Crippen molar-refractivity contribution in [2.45, 2.75) is 51.5 Å². The predicted molar refractivity (Wildman–Crippen MR) is 73.5 cm³/mol. The van der Waals surface area contributed by atoms with Gasteiger partial charge in [-0.2, -0.15) is 0 Å². The first-order valence-corrected chi connectivity index (χ1v) is 7.05. The van der Waals surface area contributed by atoms with Gasteiger partial charge in [0.2, 0.25) is 0 Å². The molecule has 2 rings (SSSR count). The Balaban J connectivity index is 2.20. The van der Waals surface area contributed by atoms with Crippen LogP contribution in [0.5, 0.6) is 5.75 Å². The van der Waals surface area contributed by atoms with Crippen molar-refractivity contribution < 1.29 is 4.74 Å². The molecule has 0 aliphatic heterocycles. The van der Waals surface area contributed by atoms with Gasteiger partial charge in [-0.05, 0) is 37.3 Å². The lowest BCUT2D eigenvalue weighted by molar-refractivity contribution is 0.220. The van der Waals surface area contributed by atoms with Crippen LogP contribution < -0.4 is 10.5 Å². The van der Waals surface area contributed by atoms with Crippen molar-refractivity contribution in [1.82, 2.24) is 4.98 Å². The molecule has 1 saturated carbocycles. The fourth-order valence-electron chi connectivity index (χ4n) is 2.97. The maximum Gasteiger partial charge on any atom is 0.137 e. The van der Waals surface area contributed by atoms with Crippen LogP contribution in [-0.4, -0.2) is 11.6 Å². The average molecular weight is 248 g/mol. The van der Waals surface area contributed by atoms with E-state index in [4.69, 9.17) is 10.5 Å². The predicted octanol–water partition coefficient (Wildman–Crippen LogP) is 3.23. The van der Waals surface area contributed by atoms with Gasteiger partial charge in [-0.15, -0.1) is 0 Å². The van der Waals surface area contributed by atoms with E-state index < -0.39 is 0 Å². The second-order valence-corrected chi connectivity index (χ2v) is 5.37. The van der Waals surface area contributed by atoms with Gasteiger partial charge in [-0.1, -0.05) is 26.2 Å². The molecular formula is C15H24N2O. The highest BCUT2D eigenvalue weighted by atomic mass is 16.5. The minimum Gasteiger partial charge on any atom is -0.492 e. The number of rotatable bonds is 4. The third-order valence-corrected chi connectivity index (χ3v) is 4.06. The highest BCUT2D eigenvalue weighted by Crippen LogP contribution is 2.39.